The highest BCUT2D eigenvalue weighted by atomic mass is 16.5. The maximum atomic E-state index is 5.57. The van der Waals surface area contributed by atoms with Crippen LogP contribution in [0.5, 0.6) is 5.75 Å². The average molecular weight is 223 g/mol. The minimum atomic E-state index is 0.684. The van der Waals surface area contributed by atoms with E-state index in [4.69, 9.17) is 9.47 Å². The largest absolute Gasteiger partial charge is 0.497 e. The third kappa shape index (κ3) is 5.14. The van der Waals surface area contributed by atoms with E-state index in [0.717, 1.165) is 25.3 Å². The molecule has 0 radical (unpaired) electrons. The molecule has 0 aliphatic rings. The summed E-state index contributed by atoms with van der Waals surface area (Å²) in [4.78, 5) is 0. The molecule has 16 heavy (non-hydrogen) atoms. The van der Waals surface area contributed by atoms with Crippen LogP contribution in [0.4, 0.5) is 0 Å². The fourth-order valence-electron chi connectivity index (χ4n) is 1.42. The first-order valence-electron chi connectivity index (χ1n) is 5.72. The van der Waals surface area contributed by atoms with E-state index in [1.54, 1.807) is 7.11 Å². The Balaban J connectivity index is 2.12. The monoisotopic (exact) mass is 223 g/mol. The zero-order valence-electron chi connectivity index (χ0n) is 10.2. The van der Waals surface area contributed by atoms with Crippen molar-refractivity contribution in [1.29, 1.82) is 0 Å². The SMILES string of the molecule is CNCCCCOCc1ccc(OC)cc1. The maximum Gasteiger partial charge on any atom is 0.118 e. The lowest BCUT2D eigenvalue weighted by Crippen LogP contribution is -2.08. The van der Waals surface area contributed by atoms with E-state index in [1.165, 1.54) is 12.0 Å². The molecule has 90 valence electrons. The van der Waals surface area contributed by atoms with Crippen molar-refractivity contribution in [2.75, 3.05) is 27.3 Å². The predicted molar refractivity (Wildman–Crippen MR) is 65.8 cm³/mol. The smallest absolute Gasteiger partial charge is 0.118 e. The molecule has 0 unspecified atom stereocenters. The summed E-state index contributed by atoms with van der Waals surface area (Å²) < 4.78 is 10.7. The highest BCUT2D eigenvalue weighted by Crippen LogP contribution is 2.11. The maximum absolute atomic E-state index is 5.57. The van der Waals surface area contributed by atoms with Gasteiger partial charge in [0.1, 0.15) is 5.75 Å². The molecule has 3 nitrogen and oxygen atoms in total. The Morgan fingerprint density at radius 1 is 1.12 bits per heavy atom. The summed E-state index contributed by atoms with van der Waals surface area (Å²) in [6.45, 7) is 2.57. The van der Waals surface area contributed by atoms with E-state index in [0.29, 0.717) is 6.61 Å². The van der Waals surface area contributed by atoms with Crippen LogP contribution in [0.2, 0.25) is 0 Å². The summed E-state index contributed by atoms with van der Waals surface area (Å²) >= 11 is 0. The zero-order valence-corrected chi connectivity index (χ0v) is 10.2. The first-order valence-corrected chi connectivity index (χ1v) is 5.72. The van der Waals surface area contributed by atoms with E-state index in [9.17, 15) is 0 Å². The van der Waals surface area contributed by atoms with E-state index >= 15 is 0 Å². The molecule has 1 aromatic carbocycles. The van der Waals surface area contributed by atoms with Gasteiger partial charge in [-0.1, -0.05) is 12.1 Å². The van der Waals surface area contributed by atoms with E-state index in [1.807, 2.05) is 31.3 Å². The second-order valence-electron chi connectivity index (χ2n) is 3.71. The van der Waals surface area contributed by atoms with Gasteiger partial charge in [0, 0.05) is 6.61 Å². The number of rotatable bonds is 8. The van der Waals surface area contributed by atoms with Crippen molar-refractivity contribution < 1.29 is 9.47 Å². The first-order chi connectivity index (χ1) is 7.86. The molecule has 1 aromatic rings. The van der Waals surface area contributed by atoms with Gasteiger partial charge in [0.25, 0.3) is 0 Å². The van der Waals surface area contributed by atoms with Crippen LogP contribution in [0, 0.1) is 0 Å². The number of methoxy groups -OCH3 is 1. The molecular formula is C13H21NO2. The molecule has 0 amide bonds. The number of ether oxygens (including phenoxy) is 2. The standard InChI is InChI=1S/C13H21NO2/c1-14-9-3-4-10-16-11-12-5-7-13(15-2)8-6-12/h5-8,14H,3-4,9-11H2,1-2H3. The molecule has 0 aliphatic carbocycles. The summed E-state index contributed by atoms with van der Waals surface area (Å²) in [7, 11) is 3.64. The van der Waals surface area contributed by atoms with Crippen LogP contribution in [0.15, 0.2) is 24.3 Å². The highest BCUT2D eigenvalue weighted by Gasteiger charge is 1.94. The Labute approximate surface area is 97.8 Å². The Hall–Kier alpha value is -1.06. The van der Waals surface area contributed by atoms with Crippen molar-refractivity contribution in [2.24, 2.45) is 0 Å². The second kappa shape index (κ2) is 8.13. The van der Waals surface area contributed by atoms with Gasteiger partial charge < -0.3 is 14.8 Å². The summed E-state index contributed by atoms with van der Waals surface area (Å²) in [5, 5.41) is 3.12. The van der Waals surface area contributed by atoms with Gasteiger partial charge in [-0.25, -0.2) is 0 Å². The molecule has 0 saturated heterocycles. The molecule has 3 heteroatoms. The van der Waals surface area contributed by atoms with Crippen LogP contribution < -0.4 is 10.1 Å². The quantitative estimate of drug-likeness (QED) is 0.685. The number of nitrogens with one attached hydrogen (secondary N) is 1. The van der Waals surface area contributed by atoms with Crippen LogP contribution in [-0.2, 0) is 11.3 Å². The molecule has 0 aliphatic heterocycles. The Morgan fingerprint density at radius 2 is 1.88 bits per heavy atom. The lowest BCUT2D eigenvalue weighted by molar-refractivity contribution is 0.117. The molecule has 0 aromatic heterocycles. The van der Waals surface area contributed by atoms with Gasteiger partial charge in [0.2, 0.25) is 0 Å². The van der Waals surface area contributed by atoms with Gasteiger partial charge in [-0.15, -0.1) is 0 Å². The van der Waals surface area contributed by atoms with Crippen molar-refractivity contribution in [3.05, 3.63) is 29.8 Å². The van der Waals surface area contributed by atoms with Crippen LogP contribution in [0.25, 0.3) is 0 Å². The molecule has 0 atom stereocenters. The predicted octanol–water partition coefficient (Wildman–Crippen LogP) is 2.21. The second-order valence-corrected chi connectivity index (χ2v) is 3.71. The molecule has 0 spiro atoms. The topological polar surface area (TPSA) is 30.5 Å². The van der Waals surface area contributed by atoms with Crippen molar-refractivity contribution in [3.63, 3.8) is 0 Å². The lowest BCUT2D eigenvalue weighted by Gasteiger charge is -2.05. The third-order valence-electron chi connectivity index (χ3n) is 2.39. The fraction of sp³-hybridized carbons (Fsp3) is 0.538. The van der Waals surface area contributed by atoms with Crippen LogP contribution in [-0.4, -0.2) is 27.3 Å². The zero-order chi connectivity index (χ0) is 11.6. The fourth-order valence-corrected chi connectivity index (χ4v) is 1.42. The molecular weight excluding hydrogens is 202 g/mol. The molecule has 0 heterocycles. The number of hydrogen-bond donors (Lipinski definition) is 1. The Kier molecular flexibility index (Phi) is 6.61. The molecule has 0 bridgehead atoms. The van der Waals surface area contributed by atoms with Gasteiger partial charge in [0.05, 0.1) is 13.7 Å². The lowest BCUT2D eigenvalue weighted by atomic mass is 10.2. The van der Waals surface area contributed by atoms with Crippen molar-refractivity contribution in [1.82, 2.24) is 5.32 Å². The summed E-state index contributed by atoms with van der Waals surface area (Å²) in [6.07, 6.45) is 2.27. The molecule has 1 rings (SSSR count). The van der Waals surface area contributed by atoms with Crippen LogP contribution >= 0.6 is 0 Å². The van der Waals surface area contributed by atoms with Crippen molar-refractivity contribution in [2.45, 2.75) is 19.4 Å². The Morgan fingerprint density at radius 3 is 2.50 bits per heavy atom. The summed E-state index contributed by atoms with van der Waals surface area (Å²) in [5.74, 6) is 0.887. The average Bonchev–Trinajstić information content (AvgIpc) is 2.34. The van der Waals surface area contributed by atoms with E-state index < -0.39 is 0 Å². The number of hydrogen-bond acceptors (Lipinski definition) is 3. The van der Waals surface area contributed by atoms with Gasteiger partial charge in [-0.05, 0) is 44.1 Å². The Bertz CT molecular complexity index is 272. The molecule has 0 saturated carbocycles. The molecule has 1 N–H and O–H groups in total. The number of benzene rings is 1. The van der Waals surface area contributed by atoms with Gasteiger partial charge in [-0.3, -0.25) is 0 Å². The summed E-state index contributed by atoms with van der Waals surface area (Å²) in [6, 6.07) is 7.98. The normalized spacial score (nSPS) is 10.4. The third-order valence-corrected chi connectivity index (χ3v) is 2.39. The first kappa shape index (κ1) is 13.0. The highest BCUT2D eigenvalue weighted by molar-refractivity contribution is 5.26. The van der Waals surface area contributed by atoms with Gasteiger partial charge >= 0.3 is 0 Å². The summed E-state index contributed by atoms with van der Waals surface area (Å²) in [5.41, 5.74) is 1.19. The van der Waals surface area contributed by atoms with Crippen molar-refractivity contribution in [3.8, 4) is 5.75 Å². The van der Waals surface area contributed by atoms with Gasteiger partial charge in [-0.2, -0.15) is 0 Å². The minimum absolute atomic E-state index is 0.684. The number of unbranched alkanes of at least 4 members (excludes halogenated alkanes) is 1. The van der Waals surface area contributed by atoms with Crippen LogP contribution in [0.3, 0.4) is 0 Å². The molecule has 0 fully saturated rings. The van der Waals surface area contributed by atoms with Crippen molar-refractivity contribution >= 4 is 0 Å². The van der Waals surface area contributed by atoms with Gasteiger partial charge in [0.15, 0.2) is 0 Å². The van der Waals surface area contributed by atoms with E-state index in [-0.39, 0.29) is 0 Å². The van der Waals surface area contributed by atoms with Crippen LogP contribution in [0.1, 0.15) is 18.4 Å². The minimum Gasteiger partial charge on any atom is -0.497 e. The van der Waals surface area contributed by atoms with E-state index in [2.05, 4.69) is 5.32 Å².